The summed E-state index contributed by atoms with van der Waals surface area (Å²) in [6.45, 7) is 1.84. The van der Waals surface area contributed by atoms with E-state index in [4.69, 9.17) is 9.47 Å². The topological polar surface area (TPSA) is 52.6 Å². The van der Waals surface area contributed by atoms with E-state index in [0.717, 1.165) is 19.3 Å². The maximum Gasteiger partial charge on any atom is 0.309 e. The molecule has 1 aliphatic carbocycles. The van der Waals surface area contributed by atoms with Crippen molar-refractivity contribution in [3.8, 4) is 5.75 Å². The first-order valence-corrected chi connectivity index (χ1v) is 6.98. The normalized spacial score (nSPS) is 16.1. The zero-order valence-electron chi connectivity index (χ0n) is 12.0. The van der Waals surface area contributed by atoms with Gasteiger partial charge in [0.2, 0.25) is 0 Å². The van der Waals surface area contributed by atoms with Crippen LogP contribution in [0.2, 0.25) is 0 Å². The van der Waals surface area contributed by atoms with E-state index in [9.17, 15) is 9.59 Å². The van der Waals surface area contributed by atoms with E-state index >= 15 is 0 Å². The number of ketones is 1. The van der Waals surface area contributed by atoms with E-state index < -0.39 is 5.60 Å². The van der Waals surface area contributed by atoms with Crippen molar-refractivity contribution in [3.05, 3.63) is 29.8 Å². The highest BCUT2D eigenvalue weighted by Crippen LogP contribution is 2.39. The molecular weight excluding hydrogens is 256 g/mol. The molecule has 0 N–H and O–H groups in total. The Hall–Kier alpha value is -1.84. The van der Waals surface area contributed by atoms with Gasteiger partial charge in [-0.05, 0) is 43.5 Å². The first-order chi connectivity index (χ1) is 9.58. The van der Waals surface area contributed by atoms with Crippen molar-refractivity contribution in [1.82, 2.24) is 0 Å². The van der Waals surface area contributed by atoms with Gasteiger partial charge in [0.1, 0.15) is 11.4 Å². The van der Waals surface area contributed by atoms with Gasteiger partial charge in [-0.15, -0.1) is 0 Å². The second-order valence-electron chi connectivity index (χ2n) is 5.19. The molecule has 0 radical (unpaired) electrons. The Morgan fingerprint density at radius 1 is 1.20 bits per heavy atom. The number of ether oxygens (including phenoxy) is 2. The van der Waals surface area contributed by atoms with Crippen LogP contribution >= 0.6 is 0 Å². The Labute approximate surface area is 119 Å². The average molecular weight is 276 g/mol. The Morgan fingerprint density at radius 3 is 2.30 bits per heavy atom. The first-order valence-electron chi connectivity index (χ1n) is 6.98. The second kappa shape index (κ2) is 6.07. The van der Waals surface area contributed by atoms with Crippen LogP contribution in [0.1, 0.15) is 49.4 Å². The molecule has 4 nitrogen and oxygen atoms in total. The number of carbonyl (C=O) groups is 2. The molecule has 0 heterocycles. The molecule has 0 saturated heterocycles. The maximum atomic E-state index is 11.6. The fraction of sp³-hybridized carbons (Fsp3) is 0.500. The van der Waals surface area contributed by atoms with Crippen LogP contribution in [0.15, 0.2) is 24.3 Å². The van der Waals surface area contributed by atoms with Crippen molar-refractivity contribution in [1.29, 1.82) is 0 Å². The summed E-state index contributed by atoms with van der Waals surface area (Å²) in [7, 11) is 1.39. The monoisotopic (exact) mass is 276 g/mol. The summed E-state index contributed by atoms with van der Waals surface area (Å²) < 4.78 is 10.7. The molecular formula is C16H20O4. The van der Waals surface area contributed by atoms with Gasteiger partial charge in [0.25, 0.3) is 0 Å². The van der Waals surface area contributed by atoms with Crippen LogP contribution in [0.4, 0.5) is 0 Å². The number of benzene rings is 1. The van der Waals surface area contributed by atoms with E-state index in [1.54, 1.807) is 24.3 Å². The van der Waals surface area contributed by atoms with E-state index in [2.05, 4.69) is 0 Å². The van der Waals surface area contributed by atoms with Gasteiger partial charge in [-0.1, -0.05) is 6.92 Å². The van der Waals surface area contributed by atoms with Crippen molar-refractivity contribution in [2.45, 2.75) is 44.6 Å². The van der Waals surface area contributed by atoms with Crippen molar-refractivity contribution in [2.75, 3.05) is 7.11 Å². The minimum Gasteiger partial charge on any atom is -0.487 e. The second-order valence-corrected chi connectivity index (χ2v) is 5.19. The van der Waals surface area contributed by atoms with Gasteiger partial charge in [-0.3, -0.25) is 9.59 Å². The third kappa shape index (κ3) is 3.18. The molecule has 0 aromatic heterocycles. The lowest BCUT2D eigenvalue weighted by Crippen LogP contribution is -2.45. The lowest BCUT2D eigenvalue weighted by atomic mass is 9.77. The number of esters is 1. The molecule has 0 aliphatic heterocycles. The summed E-state index contributed by atoms with van der Waals surface area (Å²) in [6.07, 6.45) is 3.55. The molecule has 0 spiro atoms. The predicted molar refractivity (Wildman–Crippen MR) is 74.9 cm³/mol. The van der Waals surface area contributed by atoms with Crippen molar-refractivity contribution >= 4 is 11.8 Å². The van der Waals surface area contributed by atoms with Crippen LogP contribution < -0.4 is 4.74 Å². The predicted octanol–water partition coefficient (Wildman–Crippen LogP) is 3.14. The summed E-state index contributed by atoms with van der Waals surface area (Å²) in [5, 5.41) is 0. The SMILES string of the molecule is CCC(=O)c1ccc(OC2(CC(=O)OC)CCC2)cc1. The third-order valence-corrected chi connectivity index (χ3v) is 3.79. The average Bonchev–Trinajstić information content (AvgIpc) is 2.44. The fourth-order valence-electron chi connectivity index (χ4n) is 2.38. The summed E-state index contributed by atoms with van der Waals surface area (Å²) in [5.74, 6) is 0.563. The lowest BCUT2D eigenvalue weighted by molar-refractivity contribution is -0.148. The Bertz CT molecular complexity index is 486. The Kier molecular flexibility index (Phi) is 4.42. The first kappa shape index (κ1) is 14.6. The standard InChI is InChI=1S/C16H20O4/c1-3-14(17)12-5-7-13(8-6-12)20-16(9-4-10-16)11-15(18)19-2/h5-8H,3-4,9-11H2,1-2H3. The minimum atomic E-state index is -0.427. The number of rotatable bonds is 6. The highest BCUT2D eigenvalue weighted by molar-refractivity contribution is 5.95. The molecule has 20 heavy (non-hydrogen) atoms. The van der Waals surface area contributed by atoms with Gasteiger partial charge < -0.3 is 9.47 Å². The van der Waals surface area contributed by atoms with E-state index in [-0.39, 0.29) is 18.2 Å². The summed E-state index contributed by atoms with van der Waals surface area (Å²) in [4.78, 5) is 23.0. The Balaban J connectivity index is 2.04. The number of hydrogen-bond acceptors (Lipinski definition) is 4. The molecule has 1 aromatic carbocycles. The van der Waals surface area contributed by atoms with Crippen LogP contribution in [0.3, 0.4) is 0 Å². The van der Waals surface area contributed by atoms with Crippen LogP contribution in [-0.4, -0.2) is 24.5 Å². The smallest absolute Gasteiger partial charge is 0.309 e. The van der Waals surface area contributed by atoms with Gasteiger partial charge >= 0.3 is 5.97 Å². The van der Waals surface area contributed by atoms with Crippen LogP contribution in [0.5, 0.6) is 5.75 Å². The molecule has 4 heteroatoms. The molecule has 2 rings (SSSR count). The molecule has 0 unspecified atom stereocenters. The van der Waals surface area contributed by atoms with Gasteiger partial charge in [0, 0.05) is 12.0 Å². The molecule has 1 fully saturated rings. The summed E-state index contributed by atoms with van der Waals surface area (Å²) in [5.41, 5.74) is 0.263. The van der Waals surface area contributed by atoms with Crippen LogP contribution in [-0.2, 0) is 9.53 Å². The third-order valence-electron chi connectivity index (χ3n) is 3.79. The number of carbonyl (C=O) groups excluding carboxylic acids is 2. The fourth-order valence-corrected chi connectivity index (χ4v) is 2.38. The molecule has 1 aliphatic rings. The summed E-state index contributed by atoms with van der Waals surface area (Å²) in [6, 6.07) is 7.12. The van der Waals surface area contributed by atoms with E-state index in [1.165, 1.54) is 7.11 Å². The van der Waals surface area contributed by atoms with E-state index in [0.29, 0.717) is 17.7 Å². The molecule has 1 saturated carbocycles. The molecule has 108 valence electrons. The highest BCUT2D eigenvalue weighted by atomic mass is 16.5. The van der Waals surface area contributed by atoms with Crippen molar-refractivity contribution in [3.63, 3.8) is 0 Å². The maximum absolute atomic E-state index is 11.6. The minimum absolute atomic E-state index is 0.115. The van der Waals surface area contributed by atoms with Crippen LogP contribution in [0.25, 0.3) is 0 Å². The quantitative estimate of drug-likeness (QED) is 0.591. The van der Waals surface area contributed by atoms with Crippen molar-refractivity contribution in [2.24, 2.45) is 0 Å². The number of hydrogen-bond donors (Lipinski definition) is 0. The van der Waals surface area contributed by atoms with E-state index in [1.807, 2.05) is 6.92 Å². The lowest BCUT2D eigenvalue weighted by Gasteiger charge is -2.41. The molecule has 0 bridgehead atoms. The summed E-state index contributed by atoms with van der Waals surface area (Å²) >= 11 is 0. The van der Waals surface area contributed by atoms with Gasteiger partial charge in [0.05, 0.1) is 13.5 Å². The largest absolute Gasteiger partial charge is 0.487 e. The number of Topliss-reactive ketones (excluding diaryl/α,β-unsaturated/α-hetero) is 1. The molecule has 1 aromatic rings. The zero-order chi connectivity index (χ0) is 14.6. The zero-order valence-corrected chi connectivity index (χ0v) is 12.0. The highest BCUT2D eigenvalue weighted by Gasteiger charge is 2.41. The number of methoxy groups -OCH3 is 1. The molecule has 0 amide bonds. The van der Waals surface area contributed by atoms with Gasteiger partial charge in [-0.25, -0.2) is 0 Å². The molecule has 0 atom stereocenters. The Morgan fingerprint density at radius 2 is 1.85 bits per heavy atom. The van der Waals surface area contributed by atoms with Crippen molar-refractivity contribution < 1.29 is 19.1 Å². The van der Waals surface area contributed by atoms with Gasteiger partial charge in [-0.2, -0.15) is 0 Å². The van der Waals surface area contributed by atoms with Crippen LogP contribution in [0, 0.1) is 0 Å². The van der Waals surface area contributed by atoms with Gasteiger partial charge in [0.15, 0.2) is 5.78 Å².